The minimum Gasteiger partial charge on any atom is -0.206 e. The summed E-state index contributed by atoms with van der Waals surface area (Å²) in [5, 5.41) is 0. The van der Waals surface area contributed by atoms with Crippen LogP contribution in [0.1, 0.15) is 15.3 Å². The Morgan fingerprint density at radius 1 is 1.25 bits per heavy atom. The summed E-state index contributed by atoms with van der Waals surface area (Å²) in [5.41, 5.74) is 0.874. The average Bonchev–Trinajstić information content (AvgIpc) is 2.68. The van der Waals surface area contributed by atoms with Crippen molar-refractivity contribution in [3.8, 4) is 0 Å². The summed E-state index contributed by atoms with van der Waals surface area (Å²) >= 11 is 14.0. The highest BCUT2D eigenvalue weighted by molar-refractivity contribution is 9.10. The number of thiophene rings is 1. The molecule has 0 radical (unpaired) electrons. The Morgan fingerprint density at radius 3 is 2.56 bits per heavy atom. The predicted molar refractivity (Wildman–Crippen MR) is 74.2 cm³/mol. The molecule has 0 saturated carbocycles. The maximum atomic E-state index is 13.4. The quantitative estimate of drug-likeness (QED) is 0.575. The molecule has 0 aliphatic carbocycles. The van der Waals surface area contributed by atoms with Crippen molar-refractivity contribution < 1.29 is 4.39 Å². The zero-order valence-electron chi connectivity index (χ0n) is 7.88. The van der Waals surface area contributed by atoms with Crippen molar-refractivity contribution in [2.24, 2.45) is 0 Å². The Balaban J connectivity index is 2.33. The van der Waals surface area contributed by atoms with E-state index in [1.807, 2.05) is 18.2 Å². The maximum absolute atomic E-state index is 13.4. The first-order chi connectivity index (χ1) is 7.58. The van der Waals surface area contributed by atoms with Gasteiger partial charge in [-0.3, -0.25) is 0 Å². The van der Waals surface area contributed by atoms with Crippen LogP contribution in [0.15, 0.2) is 34.8 Å². The lowest BCUT2D eigenvalue weighted by atomic mass is 10.1. The van der Waals surface area contributed by atoms with Gasteiger partial charge in [0.1, 0.15) is 5.82 Å². The van der Waals surface area contributed by atoms with Crippen molar-refractivity contribution in [2.75, 3.05) is 0 Å². The topological polar surface area (TPSA) is 0 Å². The minimum absolute atomic E-state index is 0.0207. The van der Waals surface area contributed by atoms with Crippen LogP contribution in [0.3, 0.4) is 0 Å². The molecule has 0 aliphatic rings. The van der Waals surface area contributed by atoms with E-state index in [1.165, 1.54) is 17.4 Å². The highest BCUT2D eigenvalue weighted by Crippen LogP contribution is 2.37. The molecule has 1 unspecified atom stereocenters. The molecule has 2 rings (SSSR count). The molecular formula is C11H6Br2ClFS. The summed E-state index contributed by atoms with van der Waals surface area (Å²) in [5.74, 6) is -0.260. The van der Waals surface area contributed by atoms with Crippen LogP contribution in [0.2, 0.25) is 4.34 Å². The second-order valence-corrected chi connectivity index (χ2v) is 6.69. The van der Waals surface area contributed by atoms with E-state index < -0.39 is 0 Å². The lowest BCUT2D eigenvalue weighted by Gasteiger charge is -2.08. The molecule has 1 aromatic carbocycles. The van der Waals surface area contributed by atoms with Crippen molar-refractivity contribution in [3.63, 3.8) is 0 Å². The molecule has 1 heterocycles. The van der Waals surface area contributed by atoms with E-state index in [0.29, 0.717) is 4.47 Å². The minimum atomic E-state index is -0.260. The van der Waals surface area contributed by atoms with Crippen LogP contribution in [-0.4, -0.2) is 0 Å². The lowest BCUT2D eigenvalue weighted by molar-refractivity contribution is 0.619. The Morgan fingerprint density at radius 2 is 2.00 bits per heavy atom. The summed E-state index contributed by atoms with van der Waals surface area (Å²) < 4.78 is 14.6. The molecule has 2 aromatic rings. The second kappa shape index (κ2) is 5.17. The molecule has 1 atom stereocenters. The van der Waals surface area contributed by atoms with Crippen molar-refractivity contribution >= 4 is 54.8 Å². The van der Waals surface area contributed by atoms with Gasteiger partial charge in [-0.25, -0.2) is 4.39 Å². The fourth-order valence-electron chi connectivity index (χ4n) is 1.30. The summed E-state index contributed by atoms with van der Waals surface area (Å²) in [7, 11) is 0. The third-order valence-corrected chi connectivity index (χ3v) is 5.34. The molecule has 0 saturated heterocycles. The number of alkyl halides is 1. The molecule has 0 aliphatic heterocycles. The molecule has 5 heteroatoms. The van der Waals surface area contributed by atoms with Crippen LogP contribution >= 0.6 is 54.8 Å². The number of benzene rings is 1. The Bertz CT molecular complexity index is 512. The predicted octanol–water partition coefficient (Wildman–Crippen LogP) is 5.79. The molecule has 0 nitrogen and oxygen atoms in total. The van der Waals surface area contributed by atoms with Crippen LogP contribution < -0.4 is 0 Å². The van der Waals surface area contributed by atoms with Crippen molar-refractivity contribution in [1.82, 2.24) is 0 Å². The van der Waals surface area contributed by atoms with Crippen molar-refractivity contribution in [1.29, 1.82) is 0 Å². The summed E-state index contributed by atoms with van der Waals surface area (Å²) in [4.78, 5) is 1.04. The normalized spacial score (nSPS) is 12.8. The zero-order chi connectivity index (χ0) is 11.7. The number of hydrogen-bond donors (Lipinski definition) is 0. The first kappa shape index (κ1) is 12.6. The highest BCUT2D eigenvalue weighted by Gasteiger charge is 2.14. The van der Waals surface area contributed by atoms with Gasteiger partial charge in [-0.15, -0.1) is 11.3 Å². The van der Waals surface area contributed by atoms with E-state index in [2.05, 4.69) is 31.9 Å². The van der Waals surface area contributed by atoms with Crippen molar-refractivity contribution in [3.05, 3.63) is 55.4 Å². The second-order valence-electron chi connectivity index (χ2n) is 3.18. The van der Waals surface area contributed by atoms with Gasteiger partial charge in [-0.1, -0.05) is 33.6 Å². The van der Waals surface area contributed by atoms with Gasteiger partial charge in [0.15, 0.2) is 0 Å². The molecule has 1 aromatic heterocycles. The van der Waals surface area contributed by atoms with Gasteiger partial charge < -0.3 is 0 Å². The molecule has 0 N–H and O–H groups in total. The highest BCUT2D eigenvalue weighted by atomic mass is 79.9. The van der Waals surface area contributed by atoms with Gasteiger partial charge in [-0.2, -0.15) is 0 Å². The Labute approximate surface area is 119 Å². The van der Waals surface area contributed by atoms with E-state index in [0.717, 1.165) is 14.8 Å². The van der Waals surface area contributed by atoms with Gasteiger partial charge in [0.05, 0.1) is 13.6 Å². The largest absolute Gasteiger partial charge is 0.206 e. The molecule has 0 fully saturated rings. The van der Waals surface area contributed by atoms with E-state index >= 15 is 0 Å². The van der Waals surface area contributed by atoms with Gasteiger partial charge >= 0.3 is 0 Å². The van der Waals surface area contributed by atoms with Gasteiger partial charge in [0.2, 0.25) is 0 Å². The van der Waals surface area contributed by atoms with Crippen LogP contribution in [0.4, 0.5) is 4.39 Å². The summed E-state index contributed by atoms with van der Waals surface area (Å²) in [6.07, 6.45) is 0. The number of rotatable bonds is 2. The third kappa shape index (κ3) is 2.67. The van der Waals surface area contributed by atoms with Crippen LogP contribution in [0.5, 0.6) is 0 Å². The molecular weight excluding hydrogens is 378 g/mol. The standard InChI is InChI=1S/C11H6Br2ClFS/c12-7-2-1-6(5-8(7)15)11(13)9-3-4-10(14)16-9/h1-5,11H. The molecule has 0 spiro atoms. The average molecular weight is 384 g/mol. The fraction of sp³-hybridized carbons (Fsp3) is 0.0909. The van der Waals surface area contributed by atoms with Gasteiger partial charge in [0, 0.05) is 4.88 Å². The third-order valence-electron chi connectivity index (χ3n) is 2.08. The van der Waals surface area contributed by atoms with Crippen molar-refractivity contribution in [2.45, 2.75) is 4.83 Å². The molecule has 16 heavy (non-hydrogen) atoms. The molecule has 84 valence electrons. The van der Waals surface area contributed by atoms with E-state index in [-0.39, 0.29) is 10.6 Å². The van der Waals surface area contributed by atoms with E-state index in [4.69, 9.17) is 11.6 Å². The van der Waals surface area contributed by atoms with E-state index in [9.17, 15) is 4.39 Å². The monoisotopic (exact) mass is 382 g/mol. The van der Waals surface area contributed by atoms with E-state index in [1.54, 1.807) is 6.07 Å². The summed E-state index contributed by atoms with van der Waals surface area (Å²) in [6, 6.07) is 8.86. The number of hydrogen-bond acceptors (Lipinski definition) is 1. The zero-order valence-corrected chi connectivity index (χ0v) is 12.6. The smallest absolute Gasteiger partial charge is 0.137 e. The first-order valence-corrected chi connectivity index (χ1v) is 7.32. The van der Waals surface area contributed by atoms with Crippen LogP contribution in [0, 0.1) is 5.82 Å². The summed E-state index contributed by atoms with van der Waals surface area (Å²) in [6.45, 7) is 0. The SMILES string of the molecule is Fc1cc(C(Br)c2ccc(Cl)s2)ccc1Br. The number of halogens is 4. The first-order valence-electron chi connectivity index (χ1n) is 4.42. The molecule has 0 bridgehead atoms. The van der Waals surface area contributed by atoms with Crippen LogP contribution in [0.25, 0.3) is 0 Å². The van der Waals surface area contributed by atoms with Gasteiger partial charge in [-0.05, 0) is 45.8 Å². The lowest BCUT2D eigenvalue weighted by Crippen LogP contribution is -1.91. The Kier molecular flexibility index (Phi) is 4.06. The fourth-order valence-corrected chi connectivity index (χ4v) is 3.33. The van der Waals surface area contributed by atoms with Gasteiger partial charge in [0.25, 0.3) is 0 Å². The Hall–Kier alpha value is 0.100. The maximum Gasteiger partial charge on any atom is 0.137 e. The molecule has 0 amide bonds. The van der Waals surface area contributed by atoms with Crippen LogP contribution in [-0.2, 0) is 0 Å².